The van der Waals surface area contributed by atoms with Gasteiger partial charge in [0, 0.05) is 5.92 Å². The van der Waals surface area contributed by atoms with E-state index in [2.05, 4.69) is 20.8 Å². The summed E-state index contributed by atoms with van der Waals surface area (Å²) in [6.45, 7) is 6.61. The van der Waals surface area contributed by atoms with E-state index in [4.69, 9.17) is 9.47 Å². The van der Waals surface area contributed by atoms with E-state index < -0.39 is 0 Å². The van der Waals surface area contributed by atoms with Crippen molar-refractivity contribution in [2.75, 3.05) is 0 Å². The maximum atomic E-state index is 6.09. The first-order valence-corrected chi connectivity index (χ1v) is 4.89. The normalized spacial score (nSPS) is 59.8. The predicted octanol–water partition coefficient (Wildman–Crippen LogP) is 1.73. The van der Waals surface area contributed by atoms with Crippen LogP contribution in [0.1, 0.15) is 33.6 Å². The number of ether oxygens (including phenoxy) is 2. The lowest BCUT2D eigenvalue weighted by Gasteiger charge is -2.51. The standard InChI is InChI=1S/C10H16O2/c1-9(2)6-4-5-10(3,12-9)8-7(6)11-8/h6-8H,4-5H2,1-3H3/t6-,7-,8-,10-/m1/s1. The maximum Gasteiger partial charge on any atom is 0.113 e. The van der Waals surface area contributed by atoms with Gasteiger partial charge < -0.3 is 9.47 Å². The van der Waals surface area contributed by atoms with Crippen molar-refractivity contribution in [2.45, 2.75) is 57.0 Å². The number of rotatable bonds is 0. The largest absolute Gasteiger partial charge is 0.366 e. The molecule has 1 saturated carbocycles. The number of epoxide rings is 1. The summed E-state index contributed by atoms with van der Waals surface area (Å²) in [6.07, 6.45) is 3.41. The Hall–Kier alpha value is -0.0800. The smallest absolute Gasteiger partial charge is 0.113 e. The minimum Gasteiger partial charge on any atom is -0.366 e. The van der Waals surface area contributed by atoms with E-state index in [1.54, 1.807) is 0 Å². The minimum atomic E-state index is 0.0307. The van der Waals surface area contributed by atoms with Crippen LogP contribution in [0.5, 0.6) is 0 Å². The zero-order valence-electron chi connectivity index (χ0n) is 7.96. The Morgan fingerprint density at radius 1 is 1.25 bits per heavy atom. The molecule has 0 unspecified atom stereocenters. The summed E-state index contributed by atoms with van der Waals surface area (Å²) < 4.78 is 11.8. The fourth-order valence-corrected chi connectivity index (χ4v) is 3.20. The molecule has 2 heteroatoms. The molecular formula is C10H16O2. The molecule has 1 aliphatic carbocycles. The first-order chi connectivity index (χ1) is 5.53. The Labute approximate surface area is 73.2 Å². The third-order valence-corrected chi connectivity index (χ3v) is 3.86. The molecule has 68 valence electrons. The summed E-state index contributed by atoms with van der Waals surface area (Å²) in [5.41, 5.74) is 0.0770. The molecule has 3 saturated heterocycles. The van der Waals surface area contributed by atoms with Crippen LogP contribution in [0.4, 0.5) is 0 Å². The van der Waals surface area contributed by atoms with Gasteiger partial charge in [-0.2, -0.15) is 0 Å². The van der Waals surface area contributed by atoms with Crippen molar-refractivity contribution in [3.05, 3.63) is 0 Å². The van der Waals surface area contributed by atoms with Crippen LogP contribution in [-0.4, -0.2) is 23.4 Å². The van der Waals surface area contributed by atoms with Gasteiger partial charge in [0.2, 0.25) is 0 Å². The van der Waals surface area contributed by atoms with Crippen molar-refractivity contribution < 1.29 is 9.47 Å². The second-order valence-electron chi connectivity index (χ2n) is 5.18. The van der Waals surface area contributed by atoms with Crippen LogP contribution in [0.3, 0.4) is 0 Å². The molecule has 0 aromatic carbocycles. The molecule has 0 N–H and O–H groups in total. The molecule has 3 heterocycles. The molecule has 4 aliphatic rings. The Morgan fingerprint density at radius 2 is 2.00 bits per heavy atom. The van der Waals surface area contributed by atoms with E-state index >= 15 is 0 Å². The predicted molar refractivity (Wildman–Crippen MR) is 45.0 cm³/mol. The fourth-order valence-electron chi connectivity index (χ4n) is 3.20. The Bertz CT molecular complexity index is 236. The number of fused-ring (bicyclic) bond motifs is 2. The van der Waals surface area contributed by atoms with Crippen molar-refractivity contribution >= 4 is 0 Å². The number of hydrogen-bond donors (Lipinski definition) is 0. The molecule has 12 heavy (non-hydrogen) atoms. The van der Waals surface area contributed by atoms with E-state index in [0.717, 1.165) is 0 Å². The van der Waals surface area contributed by atoms with Gasteiger partial charge in [-0.25, -0.2) is 0 Å². The quantitative estimate of drug-likeness (QED) is 0.514. The lowest BCUT2D eigenvalue weighted by atomic mass is 9.69. The first kappa shape index (κ1) is 7.34. The third-order valence-electron chi connectivity index (χ3n) is 3.86. The summed E-state index contributed by atoms with van der Waals surface area (Å²) in [5.74, 6) is 0.643. The molecule has 2 nitrogen and oxygen atoms in total. The molecular weight excluding hydrogens is 152 g/mol. The van der Waals surface area contributed by atoms with Crippen molar-refractivity contribution in [3.8, 4) is 0 Å². The van der Waals surface area contributed by atoms with E-state index in [0.29, 0.717) is 18.1 Å². The summed E-state index contributed by atoms with van der Waals surface area (Å²) >= 11 is 0. The average molecular weight is 168 g/mol. The van der Waals surface area contributed by atoms with Crippen LogP contribution in [0.2, 0.25) is 0 Å². The minimum absolute atomic E-state index is 0.0307. The van der Waals surface area contributed by atoms with Crippen LogP contribution >= 0.6 is 0 Å². The highest BCUT2D eigenvalue weighted by Gasteiger charge is 2.68. The van der Waals surface area contributed by atoms with Crippen LogP contribution in [-0.2, 0) is 9.47 Å². The van der Waals surface area contributed by atoms with Gasteiger partial charge in [0.05, 0.1) is 17.3 Å². The molecule has 0 amide bonds. The van der Waals surface area contributed by atoms with E-state index in [1.807, 2.05) is 0 Å². The van der Waals surface area contributed by atoms with Crippen LogP contribution in [0.15, 0.2) is 0 Å². The lowest BCUT2D eigenvalue weighted by Crippen LogP contribution is -2.58. The Kier molecular flexibility index (Phi) is 1.06. The van der Waals surface area contributed by atoms with E-state index in [1.165, 1.54) is 12.8 Å². The van der Waals surface area contributed by atoms with Crippen LogP contribution in [0, 0.1) is 5.92 Å². The fraction of sp³-hybridized carbons (Fsp3) is 1.00. The summed E-state index contributed by atoms with van der Waals surface area (Å²) in [4.78, 5) is 0. The van der Waals surface area contributed by atoms with Gasteiger partial charge in [0.1, 0.15) is 6.10 Å². The average Bonchev–Trinajstić information content (AvgIpc) is 2.62. The molecule has 4 rings (SSSR count). The second kappa shape index (κ2) is 1.73. The van der Waals surface area contributed by atoms with E-state index in [-0.39, 0.29) is 11.2 Å². The van der Waals surface area contributed by atoms with E-state index in [9.17, 15) is 0 Å². The first-order valence-electron chi connectivity index (χ1n) is 4.89. The SMILES string of the molecule is CC1(C)O[C@]2(C)CC[C@@H]1[C@H]1O[C@H]12. The van der Waals surface area contributed by atoms with Gasteiger partial charge in [0.15, 0.2) is 0 Å². The van der Waals surface area contributed by atoms with Gasteiger partial charge in [-0.15, -0.1) is 0 Å². The molecule has 3 aliphatic heterocycles. The highest BCUT2D eigenvalue weighted by Crippen LogP contribution is 2.58. The van der Waals surface area contributed by atoms with Gasteiger partial charge in [-0.05, 0) is 33.6 Å². The summed E-state index contributed by atoms with van der Waals surface area (Å²) in [5, 5.41) is 0. The molecule has 0 spiro atoms. The van der Waals surface area contributed by atoms with Crippen molar-refractivity contribution in [1.29, 1.82) is 0 Å². The zero-order chi connectivity index (χ0) is 8.56. The zero-order valence-corrected chi connectivity index (χ0v) is 7.96. The Morgan fingerprint density at radius 3 is 2.58 bits per heavy atom. The molecule has 4 atom stereocenters. The second-order valence-corrected chi connectivity index (χ2v) is 5.18. The summed E-state index contributed by atoms with van der Waals surface area (Å²) in [6, 6.07) is 0. The molecule has 0 aromatic rings. The topological polar surface area (TPSA) is 21.8 Å². The van der Waals surface area contributed by atoms with Gasteiger partial charge in [0.25, 0.3) is 0 Å². The monoisotopic (exact) mass is 168 g/mol. The van der Waals surface area contributed by atoms with Crippen molar-refractivity contribution in [1.82, 2.24) is 0 Å². The van der Waals surface area contributed by atoms with Gasteiger partial charge in [-0.3, -0.25) is 0 Å². The van der Waals surface area contributed by atoms with Crippen LogP contribution < -0.4 is 0 Å². The molecule has 0 aromatic heterocycles. The number of hydrogen-bond acceptors (Lipinski definition) is 2. The Balaban J connectivity index is 2.01. The van der Waals surface area contributed by atoms with Crippen molar-refractivity contribution in [3.63, 3.8) is 0 Å². The van der Waals surface area contributed by atoms with Gasteiger partial charge in [-0.1, -0.05) is 0 Å². The molecule has 0 radical (unpaired) electrons. The molecule has 2 bridgehead atoms. The lowest BCUT2D eigenvalue weighted by molar-refractivity contribution is -0.214. The van der Waals surface area contributed by atoms with Gasteiger partial charge >= 0.3 is 0 Å². The third kappa shape index (κ3) is 0.686. The van der Waals surface area contributed by atoms with Crippen molar-refractivity contribution in [2.24, 2.45) is 5.92 Å². The maximum absolute atomic E-state index is 6.09. The van der Waals surface area contributed by atoms with Crippen LogP contribution in [0.25, 0.3) is 0 Å². The molecule has 4 fully saturated rings. The summed E-state index contributed by atoms with van der Waals surface area (Å²) in [7, 11) is 0. The highest BCUT2D eigenvalue weighted by atomic mass is 16.6. The highest BCUT2D eigenvalue weighted by molar-refractivity contribution is 5.15.